The van der Waals surface area contributed by atoms with E-state index in [-0.39, 0.29) is 6.03 Å². The van der Waals surface area contributed by atoms with Gasteiger partial charge in [-0.1, -0.05) is 31.9 Å². The van der Waals surface area contributed by atoms with Crippen LogP contribution in [0, 0.1) is 11.3 Å². The van der Waals surface area contributed by atoms with E-state index in [4.69, 9.17) is 5.26 Å². The second-order valence-corrected chi connectivity index (χ2v) is 5.97. The number of benzene rings is 1. The molecule has 1 aromatic heterocycles. The van der Waals surface area contributed by atoms with E-state index in [2.05, 4.69) is 46.1 Å². The maximum Gasteiger partial charge on any atom is 0.319 e. The summed E-state index contributed by atoms with van der Waals surface area (Å²) in [5.74, 6) is 0.524. The molecule has 0 fully saturated rings. The van der Waals surface area contributed by atoms with E-state index in [9.17, 15) is 4.79 Å². The minimum absolute atomic E-state index is 0.257. The van der Waals surface area contributed by atoms with E-state index in [1.165, 1.54) is 24.8 Å². The Morgan fingerprint density at radius 2 is 1.96 bits per heavy atom. The van der Waals surface area contributed by atoms with Crippen molar-refractivity contribution in [2.24, 2.45) is 0 Å². The predicted octanol–water partition coefficient (Wildman–Crippen LogP) is 3.92. The second kappa shape index (κ2) is 10.7. The number of carbonyl (C=O) groups is 1. The summed E-state index contributed by atoms with van der Waals surface area (Å²) in [6.07, 6.45) is 6.34. The molecule has 3 N–H and O–H groups in total. The first-order chi connectivity index (χ1) is 12.7. The van der Waals surface area contributed by atoms with E-state index in [0.29, 0.717) is 24.5 Å². The number of rotatable bonds is 9. The smallest absolute Gasteiger partial charge is 0.319 e. The molecule has 2 amide bonds. The van der Waals surface area contributed by atoms with Crippen LogP contribution in [0.15, 0.2) is 42.6 Å². The number of hydrogen-bond donors (Lipinski definition) is 3. The van der Waals surface area contributed by atoms with Crippen LogP contribution >= 0.6 is 0 Å². The van der Waals surface area contributed by atoms with Gasteiger partial charge in [0.05, 0.1) is 5.56 Å². The molecule has 0 radical (unpaired) electrons. The van der Waals surface area contributed by atoms with Gasteiger partial charge in [0.25, 0.3) is 0 Å². The number of nitrogens with one attached hydrogen (secondary N) is 3. The Labute approximate surface area is 154 Å². The number of nitrogens with zero attached hydrogens (tertiary/aromatic N) is 2. The maximum atomic E-state index is 11.9. The molecule has 0 aliphatic carbocycles. The lowest BCUT2D eigenvalue weighted by molar-refractivity contribution is 0.252. The molecule has 6 nitrogen and oxygen atoms in total. The number of unbranched alkanes of at least 4 members (excludes halogenated alkanes) is 2. The van der Waals surface area contributed by atoms with Gasteiger partial charge < -0.3 is 16.0 Å². The molecular formula is C20H25N5O. The fourth-order valence-electron chi connectivity index (χ4n) is 2.50. The first kappa shape index (κ1) is 19.3. The first-order valence-electron chi connectivity index (χ1n) is 8.95. The third kappa shape index (κ3) is 6.44. The third-order valence-electron chi connectivity index (χ3n) is 3.91. The van der Waals surface area contributed by atoms with Gasteiger partial charge in [-0.25, -0.2) is 9.78 Å². The van der Waals surface area contributed by atoms with Crippen LogP contribution in [-0.4, -0.2) is 24.1 Å². The van der Waals surface area contributed by atoms with Gasteiger partial charge in [-0.15, -0.1) is 0 Å². The fraction of sp³-hybridized carbons (Fsp3) is 0.350. The monoisotopic (exact) mass is 351 g/mol. The number of carbonyl (C=O) groups excluding carboxylic acids is 1. The molecule has 0 unspecified atom stereocenters. The van der Waals surface area contributed by atoms with Crippen LogP contribution in [0.2, 0.25) is 0 Å². The molecule has 0 bridgehead atoms. The summed E-state index contributed by atoms with van der Waals surface area (Å²) in [5.41, 5.74) is 2.54. The van der Waals surface area contributed by atoms with Crippen LogP contribution in [0.4, 0.5) is 16.3 Å². The largest absolute Gasteiger partial charge is 0.367 e. The van der Waals surface area contributed by atoms with Gasteiger partial charge >= 0.3 is 6.03 Å². The number of pyridine rings is 1. The minimum atomic E-state index is -0.257. The molecule has 26 heavy (non-hydrogen) atoms. The number of amides is 2. The summed E-state index contributed by atoms with van der Waals surface area (Å²) in [6.45, 7) is 3.10. The molecule has 0 aliphatic rings. The predicted molar refractivity (Wildman–Crippen MR) is 104 cm³/mol. The lowest BCUT2D eigenvalue weighted by atomic mass is 10.1. The lowest BCUT2D eigenvalue weighted by Gasteiger charge is -2.10. The van der Waals surface area contributed by atoms with Gasteiger partial charge in [-0.3, -0.25) is 0 Å². The molecule has 1 aromatic carbocycles. The molecule has 0 saturated heterocycles. The zero-order valence-corrected chi connectivity index (χ0v) is 15.1. The topological polar surface area (TPSA) is 89.8 Å². The molecule has 2 rings (SSSR count). The highest BCUT2D eigenvalue weighted by molar-refractivity contribution is 5.89. The van der Waals surface area contributed by atoms with Crippen molar-refractivity contribution in [1.29, 1.82) is 5.26 Å². The average Bonchev–Trinajstić information content (AvgIpc) is 2.67. The van der Waals surface area contributed by atoms with E-state index < -0.39 is 0 Å². The number of nitriles is 1. The minimum Gasteiger partial charge on any atom is -0.367 e. The Bertz CT molecular complexity index is 737. The normalized spacial score (nSPS) is 10.0. The third-order valence-corrected chi connectivity index (χ3v) is 3.91. The van der Waals surface area contributed by atoms with E-state index >= 15 is 0 Å². The van der Waals surface area contributed by atoms with Crippen LogP contribution in [0.25, 0.3) is 0 Å². The number of hydrogen-bond acceptors (Lipinski definition) is 4. The highest BCUT2D eigenvalue weighted by Gasteiger charge is 2.03. The number of aromatic nitrogens is 1. The molecule has 0 spiro atoms. The molecule has 6 heteroatoms. The summed E-state index contributed by atoms with van der Waals surface area (Å²) in [5, 5.41) is 17.6. The van der Waals surface area contributed by atoms with E-state index in [1.807, 2.05) is 12.1 Å². The zero-order chi connectivity index (χ0) is 18.6. The Morgan fingerprint density at radius 1 is 1.15 bits per heavy atom. The molecule has 0 atom stereocenters. The number of anilines is 2. The second-order valence-electron chi connectivity index (χ2n) is 5.97. The van der Waals surface area contributed by atoms with E-state index in [0.717, 1.165) is 12.1 Å². The average molecular weight is 351 g/mol. The van der Waals surface area contributed by atoms with Crippen molar-refractivity contribution in [2.45, 2.75) is 32.6 Å². The van der Waals surface area contributed by atoms with Crippen molar-refractivity contribution in [3.8, 4) is 6.07 Å². The molecule has 2 aromatic rings. The van der Waals surface area contributed by atoms with Crippen LogP contribution in [0.3, 0.4) is 0 Å². The standard InChI is InChI=1S/C20H25N5O/c1-2-3-4-6-16-8-10-18(11-9-16)25-20(26)24-14-13-23-19-17(15-21)7-5-12-22-19/h5,7-12H,2-4,6,13-14H2,1H3,(H,22,23)(H2,24,25,26). The van der Waals surface area contributed by atoms with Gasteiger partial charge in [0.15, 0.2) is 0 Å². The zero-order valence-electron chi connectivity index (χ0n) is 15.1. The number of urea groups is 1. The SMILES string of the molecule is CCCCCc1ccc(NC(=O)NCCNc2ncccc2C#N)cc1. The highest BCUT2D eigenvalue weighted by atomic mass is 16.2. The summed E-state index contributed by atoms with van der Waals surface area (Å²) >= 11 is 0. The van der Waals surface area contributed by atoms with Gasteiger partial charge in [0.2, 0.25) is 0 Å². The van der Waals surface area contributed by atoms with Crippen molar-refractivity contribution in [1.82, 2.24) is 10.3 Å². The Hall–Kier alpha value is -3.07. The fourth-order valence-corrected chi connectivity index (χ4v) is 2.50. The van der Waals surface area contributed by atoms with Crippen LogP contribution in [-0.2, 0) is 6.42 Å². The Morgan fingerprint density at radius 3 is 2.69 bits per heavy atom. The number of aryl methyl sites for hydroxylation is 1. The van der Waals surface area contributed by atoms with Crippen molar-refractivity contribution < 1.29 is 4.79 Å². The molecule has 0 aliphatic heterocycles. The van der Waals surface area contributed by atoms with Gasteiger partial charge in [0, 0.05) is 25.0 Å². The first-order valence-corrected chi connectivity index (χ1v) is 8.95. The molecule has 136 valence electrons. The Kier molecular flexibility index (Phi) is 7.94. The van der Waals surface area contributed by atoms with Gasteiger partial charge in [-0.2, -0.15) is 5.26 Å². The van der Waals surface area contributed by atoms with Crippen LogP contribution < -0.4 is 16.0 Å². The summed E-state index contributed by atoms with van der Waals surface area (Å²) in [4.78, 5) is 16.0. The van der Waals surface area contributed by atoms with Crippen molar-refractivity contribution in [3.05, 3.63) is 53.7 Å². The Balaban J connectivity index is 1.69. The van der Waals surface area contributed by atoms with Crippen molar-refractivity contribution in [2.75, 3.05) is 23.7 Å². The maximum absolute atomic E-state index is 11.9. The lowest BCUT2D eigenvalue weighted by Crippen LogP contribution is -2.32. The van der Waals surface area contributed by atoms with Gasteiger partial charge in [0.1, 0.15) is 11.9 Å². The highest BCUT2D eigenvalue weighted by Crippen LogP contribution is 2.12. The van der Waals surface area contributed by atoms with E-state index in [1.54, 1.807) is 18.3 Å². The van der Waals surface area contributed by atoms with Crippen molar-refractivity contribution in [3.63, 3.8) is 0 Å². The summed E-state index contributed by atoms with van der Waals surface area (Å²) < 4.78 is 0. The molecule has 1 heterocycles. The van der Waals surface area contributed by atoms with Crippen molar-refractivity contribution >= 4 is 17.5 Å². The van der Waals surface area contributed by atoms with Crippen LogP contribution in [0.1, 0.15) is 37.3 Å². The quantitative estimate of drug-likeness (QED) is 0.597. The molecular weight excluding hydrogens is 326 g/mol. The van der Waals surface area contributed by atoms with Gasteiger partial charge in [-0.05, 0) is 42.7 Å². The summed E-state index contributed by atoms with van der Waals surface area (Å²) in [6, 6.07) is 13.2. The van der Waals surface area contributed by atoms with Crippen LogP contribution in [0.5, 0.6) is 0 Å². The summed E-state index contributed by atoms with van der Waals surface area (Å²) in [7, 11) is 0. The molecule has 0 saturated carbocycles.